The Hall–Kier alpha value is -2.38. The largest absolute Gasteiger partial charge is 0.452 e. The average molecular weight is 441 g/mol. The topological polar surface area (TPSA) is 59.5 Å². The minimum Gasteiger partial charge on any atom is -0.452 e. The number of aromatic nitrogens is 1. The Bertz CT molecular complexity index is 991. The van der Waals surface area contributed by atoms with Crippen LogP contribution in [0.1, 0.15) is 35.7 Å². The molecule has 0 N–H and O–H groups in total. The number of benzene rings is 2. The number of thiazole rings is 1. The molecule has 4 rings (SSSR count). The Morgan fingerprint density at radius 1 is 1.13 bits per heavy atom. The first kappa shape index (κ1) is 20.9. The molecule has 0 saturated carbocycles. The van der Waals surface area contributed by atoms with Crippen molar-refractivity contribution in [2.45, 2.75) is 29.9 Å². The van der Waals surface area contributed by atoms with Gasteiger partial charge in [-0.05, 0) is 48.6 Å². The van der Waals surface area contributed by atoms with Gasteiger partial charge in [-0.15, -0.1) is 11.3 Å². The van der Waals surface area contributed by atoms with Crippen molar-refractivity contribution < 1.29 is 14.3 Å². The van der Waals surface area contributed by atoms with E-state index in [0.29, 0.717) is 11.5 Å². The summed E-state index contributed by atoms with van der Waals surface area (Å²) < 4.78 is 7.45. The number of esters is 1. The van der Waals surface area contributed by atoms with Gasteiger partial charge in [0.2, 0.25) is 0 Å². The van der Waals surface area contributed by atoms with Gasteiger partial charge in [0.1, 0.15) is 0 Å². The summed E-state index contributed by atoms with van der Waals surface area (Å²) in [5.74, 6) is 0.863. The lowest BCUT2D eigenvalue weighted by Crippen LogP contribution is -2.40. The van der Waals surface area contributed by atoms with Crippen molar-refractivity contribution in [3.8, 4) is 0 Å². The maximum atomic E-state index is 12.3. The third-order valence-electron chi connectivity index (χ3n) is 5.29. The molecule has 2 aromatic carbocycles. The summed E-state index contributed by atoms with van der Waals surface area (Å²) in [7, 11) is 0. The maximum Gasteiger partial charge on any atom is 0.338 e. The molecule has 3 aromatic rings. The summed E-state index contributed by atoms with van der Waals surface area (Å²) in [6.45, 7) is 3.50. The number of hydrogen-bond donors (Lipinski definition) is 0. The van der Waals surface area contributed by atoms with Crippen LogP contribution in [-0.2, 0) is 15.3 Å². The summed E-state index contributed by atoms with van der Waals surface area (Å²) in [5.41, 5.74) is 2.59. The Balaban J connectivity index is 1.26. The molecular weight excluding hydrogens is 416 g/mol. The zero-order valence-corrected chi connectivity index (χ0v) is 18.5. The molecule has 156 valence electrons. The molecule has 1 saturated heterocycles. The van der Waals surface area contributed by atoms with Crippen LogP contribution in [0.4, 0.5) is 0 Å². The number of fused-ring (bicyclic) bond motifs is 1. The number of likely N-dealkylation sites (tertiary alicyclic amines) is 1. The highest BCUT2D eigenvalue weighted by Crippen LogP contribution is 2.31. The monoisotopic (exact) mass is 440 g/mol. The van der Waals surface area contributed by atoms with E-state index >= 15 is 0 Å². The van der Waals surface area contributed by atoms with Crippen LogP contribution in [0, 0.1) is 5.92 Å². The molecule has 30 heavy (non-hydrogen) atoms. The van der Waals surface area contributed by atoms with Crippen LogP contribution in [0.5, 0.6) is 0 Å². The SMILES string of the molecule is CC1CCN(C(=O)COC(=O)c2ccc(CSc3nc4ccccc4s3)cc2)CC1. The molecule has 0 aliphatic carbocycles. The first-order valence-corrected chi connectivity index (χ1v) is 11.9. The minimum absolute atomic E-state index is 0.112. The summed E-state index contributed by atoms with van der Waals surface area (Å²) in [6.07, 6.45) is 2.02. The van der Waals surface area contributed by atoms with E-state index in [4.69, 9.17) is 4.74 Å². The van der Waals surface area contributed by atoms with Crippen LogP contribution >= 0.6 is 23.1 Å². The van der Waals surface area contributed by atoms with Crippen molar-refractivity contribution in [2.24, 2.45) is 5.92 Å². The molecule has 1 fully saturated rings. The summed E-state index contributed by atoms with van der Waals surface area (Å²) >= 11 is 3.37. The number of carbonyl (C=O) groups excluding carboxylic acids is 2. The predicted molar refractivity (Wildman–Crippen MR) is 121 cm³/mol. The molecule has 2 heterocycles. The standard InChI is InChI=1S/C23H24N2O3S2/c1-16-10-12-25(13-11-16)21(26)14-28-22(27)18-8-6-17(7-9-18)15-29-23-24-19-4-2-3-5-20(19)30-23/h2-9,16H,10-15H2,1H3. The average Bonchev–Trinajstić information content (AvgIpc) is 3.20. The number of amides is 1. The number of rotatable bonds is 6. The second-order valence-corrected chi connectivity index (χ2v) is 9.83. The van der Waals surface area contributed by atoms with E-state index in [-0.39, 0.29) is 12.5 Å². The molecule has 0 atom stereocenters. The van der Waals surface area contributed by atoms with Gasteiger partial charge in [-0.3, -0.25) is 4.79 Å². The van der Waals surface area contributed by atoms with Gasteiger partial charge >= 0.3 is 5.97 Å². The number of piperidine rings is 1. The van der Waals surface area contributed by atoms with E-state index in [1.54, 1.807) is 40.1 Å². The van der Waals surface area contributed by atoms with E-state index in [1.165, 1.54) is 4.70 Å². The Labute approximate surface area is 184 Å². The van der Waals surface area contributed by atoms with Crippen molar-refractivity contribution in [2.75, 3.05) is 19.7 Å². The van der Waals surface area contributed by atoms with E-state index in [0.717, 1.165) is 47.1 Å². The summed E-state index contributed by atoms with van der Waals surface area (Å²) in [6, 6.07) is 15.5. The second kappa shape index (κ2) is 9.62. The summed E-state index contributed by atoms with van der Waals surface area (Å²) in [4.78, 5) is 30.9. The lowest BCUT2D eigenvalue weighted by molar-refractivity contribution is -0.135. The highest BCUT2D eigenvalue weighted by molar-refractivity contribution is 8.00. The summed E-state index contributed by atoms with van der Waals surface area (Å²) in [5, 5.41) is 0. The van der Waals surface area contributed by atoms with E-state index in [9.17, 15) is 9.59 Å². The molecule has 5 nitrogen and oxygen atoms in total. The van der Waals surface area contributed by atoms with Crippen LogP contribution in [0.3, 0.4) is 0 Å². The van der Waals surface area contributed by atoms with Gasteiger partial charge in [0, 0.05) is 18.8 Å². The highest BCUT2D eigenvalue weighted by Gasteiger charge is 2.21. The van der Waals surface area contributed by atoms with Crippen molar-refractivity contribution in [3.05, 3.63) is 59.7 Å². The van der Waals surface area contributed by atoms with E-state index in [2.05, 4.69) is 18.0 Å². The number of nitrogens with zero attached hydrogens (tertiary/aromatic N) is 2. The number of hydrogen-bond acceptors (Lipinski definition) is 6. The first-order chi connectivity index (χ1) is 14.6. The van der Waals surface area contributed by atoms with E-state index < -0.39 is 5.97 Å². The van der Waals surface area contributed by atoms with E-state index in [1.807, 2.05) is 30.3 Å². The minimum atomic E-state index is -0.459. The normalized spacial score (nSPS) is 14.8. The zero-order chi connectivity index (χ0) is 20.9. The van der Waals surface area contributed by atoms with Crippen molar-refractivity contribution in [1.82, 2.24) is 9.88 Å². The zero-order valence-electron chi connectivity index (χ0n) is 16.9. The van der Waals surface area contributed by atoms with Gasteiger partial charge in [0.15, 0.2) is 10.9 Å². The van der Waals surface area contributed by atoms with Crippen molar-refractivity contribution >= 4 is 45.2 Å². The second-order valence-electron chi connectivity index (χ2n) is 7.57. The molecule has 0 unspecified atom stereocenters. The number of thioether (sulfide) groups is 1. The Morgan fingerprint density at radius 2 is 1.87 bits per heavy atom. The predicted octanol–water partition coefficient (Wildman–Crippen LogP) is 5.00. The van der Waals surface area contributed by atoms with Crippen molar-refractivity contribution in [1.29, 1.82) is 0 Å². The van der Waals surface area contributed by atoms with Gasteiger partial charge in [-0.25, -0.2) is 9.78 Å². The van der Waals surface area contributed by atoms with Gasteiger partial charge in [-0.2, -0.15) is 0 Å². The molecule has 1 aliphatic heterocycles. The highest BCUT2D eigenvalue weighted by atomic mass is 32.2. The van der Waals surface area contributed by atoms with Crippen LogP contribution in [0.2, 0.25) is 0 Å². The molecule has 0 spiro atoms. The van der Waals surface area contributed by atoms with Gasteiger partial charge in [0.25, 0.3) is 5.91 Å². The van der Waals surface area contributed by atoms with Crippen LogP contribution in [-0.4, -0.2) is 41.5 Å². The van der Waals surface area contributed by atoms with Gasteiger partial charge in [-0.1, -0.05) is 43.0 Å². The van der Waals surface area contributed by atoms with Crippen LogP contribution in [0.15, 0.2) is 52.9 Å². The lowest BCUT2D eigenvalue weighted by atomic mass is 9.99. The third kappa shape index (κ3) is 5.21. The fourth-order valence-corrected chi connectivity index (χ4v) is 5.38. The quantitative estimate of drug-likeness (QED) is 0.399. The Kier molecular flexibility index (Phi) is 6.69. The lowest BCUT2D eigenvalue weighted by Gasteiger charge is -2.30. The third-order valence-corrected chi connectivity index (χ3v) is 7.54. The molecule has 1 amide bonds. The smallest absolute Gasteiger partial charge is 0.338 e. The molecule has 1 aliphatic rings. The Morgan fingerprint density at radius 3 is 2.60 bits per heavy atom. The first-order valence-electron chi connectivity index (χ1n) is 10.1. The van der Waals surface area contributed by atoms with Crippen molar-refractivity contribution in [3.63, 3.8) is 0 Å². The molecule has 1 aromatic heterocycles. The van der Waals surface area contributed by atoms with Crippen LogP contribution < -0.4 is 0 Å². The molecular formula is C23H24N2O3S2. The molecule has 7 heteroatoms. The molecule has 0 radical (unpaired) electrons. The number of para-hydroxylation sites is 1. The fraction of sp³-hybridized carbons (Fsp3) is 0.348. The fourth-order valence-electron chi connectivity index (χ4n) is 3.35. The number of ether oxygens (including phenoxy) is 1. The van der Waals surface area contributed by atoms with Gasteiger partial charge in [0.05, 0.1) is 15.8 Å². The maximum absolute atomic E-state index is 12.3. The van der Waals surface area contributed by atoms with Crippen LogP contribution in [0.25, 0.3) is 10.2 Å². The molecule has 0 bridgehead atoms. The number of carbonyl (C=O) groups is 2. The van der Waals surface area contributed by atoms with Gasteiger partial charge < -0.3 is 9.64 Å².